The summed E-state index contributed by atoms with van der Waals surface area (Å²) >= 11 is 1.24. The van der Waals surface area contributed by atoms with Crippen molar-refractivity contribution in [3.8, 4) is 16.3 Å². The Hall–Kier alpha value is -3.72. The van der Waals surface area contributed by atoms with Gasteiger partial charge in [-0.3, -0.25) is 25.2 Å². The van der Waals surface area contributed by atoms with Crippen LogP contribution in [0.15, 0.2) is 60.7 Å². The van der Waals surface area contributed by atoms with Crippen LogP contribution in [0.5, 0.6) is 5.75 Å². The standard InChI is InChI=1S/C24H26N4O4S/c1-15(2)20(26-19(29)14-32-18-12-8-5-9-13-18)22(30)27-28-23(31)21-16(3)25-24(33-21)17-10-6-4-7-11-17/h4-13,15,20H,14H2,1-3H3,(H,26,29)(H,27,30)(H,28,31)/t20-/m0/s1. The van der Waals surface area contributed by atoms with Crippen LogP contribution in [0.3, 0.4) is 0 Å². The number of nitrogens with one attached hydrogen (secondary N) is 3. The molecule has 2 aromatic carbocycles. The van der Waals surface area contributed by atoms with Crippen molar-refractivity contribution in [1.82, 2.24) is 21.2 Å². The Morgan fingerprint density at radius 3 is 2.24 bits per heavy atom. The lowest BCUT2D eigenvalue weighted by molar-refractivity contribution is -0.131. The first kappa shape index (κ1) is 23.9. The Morgan fingerprint density at radius 1 is 0.970 bits per heavy atom. The number of hydrogen-bond donors (Lipinski definition) is 3. The number of hydrogen-bond acceptors (Lipinski definition) is 6. The van der Waals surface area contributed by atoms with Crippen molar-refractivity contribution >= 4 is 29.1 Å². The monoisotopic (exact) mass is 466 g/mol. The highest BCUT2D eigenvalue weighted by Gasteiger charge is 2.25. The van der Waals surface area contributed by atoms with Crippen LogP contribution in [0.2, 0.25) is 0 Å². The number of benzene rings is 2. The zero-order valence-corrected chi connectivity index (χ0v) is 19.4. The maximum absolute atomic E-state index is 12.6. The van der Waals surface area contributed by atoms with Crippen molar-refractivity contribution in [2.45, 2.75) is 26.8 Å². The van der Waals surface area contributed by atoms with E-state index in [9.17, 15) is 14.4 Å². The number of amides is 3. The molecular formula is C24H26N4O4S. The van der Waals surface area contributed by atoms with E-state index in [1.807, 2.05) is 36.4 Å². The molecule has 3 rings (SSSR count). The van der Waals surface area contributed by atoms with Gasteiger partial charge in [0.25, 0.3) is 17.7 Å². The summed E-state index contributed by atoms with van der Waals surface area (Å²) < 4.78 is 5.42. The van der Waals surface area contributed by atoms with Crippen LogP contribution in [0.25, 0.3) is 10.6 Å². The van der Waals surface area contributed by atoms with Crippen molar-refractivity contribution in [3.63, 3.8) is 0 Å². The summed E-state index contributed by atoms with van der Waals surface area (Å²) in [6.07, 6.45) is 0. The number of thiazole rings is 1. The van der Waals surface area contributed by atoms with Crippen LogP contribution in [0.4, 0.5) is 0 Å². The van der Waals surface area contributed by atoms with E-state index in [0.29, 0.717) is 16.3 Å². The molecule has 0 aliphatic carbocycles. The lowest BCUT2D eigenvalue weighted by Gasteiger charge is -2.21. The molecular weight excluding hydrogens is 440 g/mol. The number of nitrogens with zero attached hydrogens (tertiary/aromatic N) is 1. The molecule has 1 aromatic heterocycles. The highest BCUT2D eigenvalue weighted by molar-refractivity contribution is 7.17. The second-order valence-corrected chi connectivity index (χ2v) is 8.63. The third-order valence-electron chi connectivity index (χ3n) is 4.70. The minimum atomic E-state index is -0.848. The average molecular weight is 467 g/mol. The smallest absolute Gasteiger partial charge is 0.281 e. The highest BCUT2D eigenvalue weighted by Crippen LogP contribution is 2.27. The van der Waals surface area contributed by atoms with Crippen LogP contribution >= 0.6 is 11.3 Å². The second kappa shape index (κ2) is 11.2. The molecule has 3 amide bonds. The van der Waals surface area contributed by atoms with Crippen molar-refractivity contribution in [1.29, 1.82) is 0 Å². The van der Waals surface area contributed by atoms with Gasteiger partial charge in [-0.05, 0) is 25.0 Å². The van der Waals surface area contributed by atoms with Gasteiger partial charge in [0.05, 0.1) is 5.69 Å². The van der Waals surface area contributed by atoms with Gasteiger partial charge in [-0.2, -0.15) is 0 Å². The number of aromatic nitrogens is 1. The largest absolute Gasteiger partial charge is 0.484 e. The van der Waals surface area contributed by atoms with E-state index in [4.69, 9.17) is 4.74 Å². The molecule has 3 aromatic rings. The van der Waals surface area contributed by atoms with Gasteiger partial charge >= 0.3 is 0 Å². The van der Waals surface area contributed by atoms with Crippen molar-refractivity contribution in [2.24, 2.45) is 5.92 Å². The SMILES string of the molecule is Cc1nc(-c2ccccc2)sc1C(=O)NNC(=O)[C@@H](NC(=O)COc1ccccc1)C(C)C. The topological polar surface area (TPSA) is 109 Å². The molecule has 0 fully saturated rings. The number of para-hydroxylation sites is 1. The molecule has 0 radical (unpaired) electrons. The molecule has 8 nitrogen and oxygen atoms in total. The molecule has 0 saturated heterocycles. The first-order chi connectivity index (χ1) is 15.8. The van der Waals surface area contributed by atoms with E-state index < -0.39 is 23.8 Å². The van der Waals surface area contributed by atoms with Crippen LogP contribution in [0.1, 0.15) is 29.2 Å². The highest BCUT2D eigenvalue weighted by atomic mass is 32.1. The number of ether oxygens (including phenoxy) is 1. The molecule has 172 valence electrons. The fourth-order valence-corrected chi connectivity index (χ4v) is 3.95. The van der Waals surface area contributed by atoms with E-state index in [-0.39, 0.29) is 12.5 Å². The molecule has 0 aliphatic heterocycles. The molecule has 0 saturated carbocycles. The molecule has 1 heterocycles. The third-order valence-corrected chi connectivity index (χ3v) is 5.91. The Balaban J connectivity index is 1.55. The fraction of sp³-hybridized carbons (Fsp3) is 0.250. The number of carbonyl (C=O) groups excluding carboxylic acids is 3. The number of hydrazine groups is 1. The molecule has 9 heteroatoms. The Bertz CT molecular complexity index is 1100. The van der Waals surface area contributed by atoms with E-state index in [0.717, 1.165) is 10.6 Å². The van der Waals surface area contributed by atoms with Crippen molar-refractivity contribution in [3.05, 3.63) is 71.2 Å². The Labute approximate surface area is 196 Å². The summed E-state index contributed by atoms with van der Waals surface area (Å²) in [5, 5.41) is 3.37. The molecule has 0 bridgehead atoms. The Morgan fingerprint density at radius 2 is 1.61 bits per heavy atom. The van der Waals surface area contributed by atoms with Gasteiger partial charge in [-0.15, -0.1) is 11.3 Å². The van der Waals surface area contributed by atoms with Gasteiger partial charge in [0, 0.05) is 5.56 Å². The van der Waals surface area contributed by atoms with Gasteiger partial charge in [-0.25, -0.2) is 4.98 Å². The average Bonchev–Trinajstić information content (AvgIpc) is 3.22. The maximum atomic E-state index is 12.6. The Kier molecular flexibility index (Phi) is 8.15. The molecule has 3 N–H and O–H groups in total. The van der Waals surface area contributed by atoms with Crippen molar-refractivity contribution in [2.75, 3.05) is 6.61 Å². The summed E-state index contributed by atoms with van der Waals surface area (Å²) in [5.41, 5.74) is 6.30. The van der Waals surface area contributed by atoms with Crippen molar-refractivity contribution < 1.29 is 19.1 Å². The quantitative estimate of drug-likeness (QED) is 0.442. The first-order valence-electron chi connectivity index (χ1n) is 10.5. The number of aryl methyl sites for hydroxylation is 1. The lowest BCUT2D eigenvalue weighted by Crippen LogP contribution is -2.55. The predicted octanol–water partition coefficient (Wildman–Crippen LogP) is 3.10. The van der Waals surface area contributed by atoms with Crippen LogP contribution < -0.4 is 20.9 Å². The normalized spacial score (nSPS) is 11.5. The van der Waals surface area contributed by atoms with E-state index in [1.54, 1.807) is 45.0 Å². The summed E-state index contributed by atoms with van der Waals surface area (Å²) in [5.74, 6) is -1.10. The molecule has 0 aliphatic rings. The van der Waals surface area contributed by atoms with Gasteiger partial charge < -0.3 is 10.1 Å². The summed E-state index contributed by atoms with van der Waals surface area (Å²) in [7, 11) is 0. The fourth-order valence-electron chi connectivity index (χ4n) is 2.98. The van der Waals surface area contributed by atoms with Crippen LogP contribution in [-0.2, 0) is 9.59 Å². The summed E-state index contributed by atoms with van der Waals surface area (Å²) in [6.45, 7) is 5.10. The minimum absolute atomic E-state index is 0.211. The first-order valence-corrected chi connectivity index (χ1v) is 11.3. The van der Waals surface area contributed by atoms with E-state index in [1.165, 1.54) is 11.3 Å². The van der Waals surface area contributed by atoms with Gasteiger partial charge in [0.15, 0.2) is 6.61 Å². The van der Waals surface area contributed by atoms with E-state index in [2.05, 4.69) is 21.2 Å². The minimum Gasteiger partial charge on any atom is -0.484 e. The van der Waals surface area contributed by atoms with E-state index >= 15 is 0 Å². The van der Waals surface area contributed by atoms with Gasteiger partial charge in [-0.1, -0.05) is 62.4 Å². The zero-order chi connectivity index (χ0) is 23.8. The molecule has 0 spiro atoms. The molecule has 0 unspecified atom stereocenters. The number of rotatable bonds is 8. The van der Waals surface area contributed by atoms with Crippen LogP contribution in [0, 0.1) is 12.8 Å². The van der Waals surface area contributed by atoms with Gasteiger partial charge in [0.2, 0.25) is 0 Å². The van der Waals surface area contributed by atoms with Gasteiger partial charge in [0.1, 0.15) is 21.7 Å². The summed E-state index contributed by atoms with van der Waals surface area (Å²) in [4.78, 5) is 42.4. The molecule has 1 atom stereocenters. The second-order valence-electron chi connectivity index (χ2n) is 7.63. The zero-order valence-electron chi connectivity index (χ0n) is 18.6. The van der Waals surface area contributed by atoms with Crippen LogP contribution in [-0.4, -0.2) is 35.4 Å². The maximum Gasteiger partial charge on any atom is 0.281 e. The lowest BCUT2D eigenvalue weighted by atomic mass is 10.0. The summed E-state index contributed by atoms with van der Waals surface area (Å²) in [6, 6.07) is 17.6. The number of carbonyl (C=O) groups is 3. The third kappa shape index (κ3) is 6.63. The predicted molar refractivity (Wildman–Crippen MR) is 127 cm³/mol. The molecule has 33 heavy (non-hydrogen) atoms.